The Morgan fingerprint density at radius 3 is 2.19 bits per heavy atom. The number of allylic oxidation sites excluding steroid dienone is 4. The van der Waals surface area contributed by atoms with Gasteiger partial charge in [0.15, 0.2) is 29.6 Å². The standard InChI is InChI=1S/C60H99F2N3O16/c1-16-44-58(13,74)48(69)35(7)65(21-17-20-64-53(72)60(75)31(3)22-38-39-25-41(61)40-24-37(66)18-19-54(40,9)59(39,62)43(67)27-55(38,60)10)29-30(2)26-56(11,73)50(81-52-46(68)42(63-14)23-32(4)77-52)33(5)47(34(6)51(71)79-44)80-45-28-57(12,76-15)49(70)36(8)78-45/h18-19,24,30-36,38-39,41-50,52,63,67-70,73-75H,16-17,20-23,25-29H2,1-15H3,(H,64,72)/t30-,31-,32-,33+,34-,35-,36+,38?,39?,41+,42+,43+,44-,45?,46-,47+,48-,49+,50-,52?,54+,55+,56-,57-,58-,59+,60+/m1/s1. The summed E-state index contributed by atoms with van der Waals surface area (Å²) in [4.78, 5) is 43.6. The average molecular weight is 1160 g/mol. The Balaban J connectivity index is 1.16. The Hall–Kier alpha value is -2.61. The van der Waals surface area contributed by atoms with Gasteiger partial charge in [0.1, 0.15) is 36.2 Å². The minimum absolute atomic E-state index is 0.0106. The molecular weight excluding hydrogens is 1060 g/mol. The van der Waals surface area contributed by atoms with Crippen LogP contribution >= 0.6 is 0 Å². The second-order valence-corrected chi connectivity index (χ2v) is 27.0. The van der Waals surface area contributed by atoms with Gasteiger partial charge in [-0.1, -0.05) is 40.7 Å². The van der Waals surface area contributed by atoms with Gasteiger partial charge in [-0.3, -0.25) is 19.3 Å². The summed E-state index contributed by atoms with van der Waals surface area (Å²) in [5, 5.41) is 91.1. The number of amides is 1. The fourth-order valence-corrected chi connectivity index (χ4v) is 16.3. The van der Waals surface area contributed by atoms with Crippen LogP contribution in [0, 0.1) is 46.3 Å². The van der Waals surface area contributed by atoms with Crippen LogP contribution in [0.5, 0.6) is 0 Å². The summed E-state index contributed by atoms with van der Waals surface area (Å²) in [6.07, 6.45) is -10.0. The molecule has 3 aliphatic heterocycles. The molecule has 4 aliphatic carbocycles. The number of cyclic esters (lactones) is 1. The third-order valence-electron chi connectivity index (χ3n) is 21.2. The average Bonchev–Trinajstić information content (AvgIpc) is 3.92. The molecule has 4 unspecified atom stereocenters. The number of esters is 1. The first kappa shape index (κ1) is 65.9. The molecule has 0 aromatic carbocycles. The van der Waals surface area contributed by atoms with Crippen molar-refractivity contribution in [2.45, 2.75) is 255 Å². The number of hydrogen-bond donors (Lipinski definition) is 9. The van der Waals surface area contributed by atoms with Crippen molar-refractivity contribution in [1.82, 2.24) is 15.5 Å². The summed E-state index contributed by atoms with van der Waals surface area (Å²) in [5.74, 6) is -6.93. The van der Waals surface area contributed by atoms with Gasteiger partial charge in [0, 0.05) is 67.9 Å². The van der Waals surface area contributed by atoms with Crippen LogP contribution in [0.1, 0.15) is 141 Å². The first-order chi connectivity index (χ1) is 37.5. The fourth-order valence-electron chi connectivity index (χ4n) is 16.3. The van der Waals surface area contributed by atoms with E-state index in [4.69, 9.17) is 28.4 Å². The van der Waals surface area contributed by atoms with E-state index in [1.807, 2.05) is 18.7 Å². The summed E-state index contributed by atoms with van der Waals surface area (Å²) in [5.41, 5.74) is -12.4. The number of carbonyl (C=O) groups excluding carboxylic acids is 3. The third kappa shape index (κ3) is 11.6. The van der Waals surface area contributed by atoms with E-state index >= 15 is 8.78 Å². The highest BCUT2D eigenvalue weighted by molar-refractivity contribution is 6.01. The minimum atomic E-state index is -2.38. The number of ether oxygens (including phenoxy) is 6. The van der Waals surface area contributed by atoms with E-state index in [-0.39, 0.29) is 76.3 Å². The molecular formula is C60H99F2N3O16. The molecule has 7 rings (SSSR count). The number of aliphatic hydroxyl groups excluding tert-OH is 4. The number of methoxy groups -OCH3 is 1. The highest BCUT2D eigenvalue weighted by Crippen LogP contribution is 2.71. The molecule has 19 nitrogen and oxygen atoms in total. The van der Waals surface area contributed by atoms with Gasteiger partial charge in [0.2, 0.25) is 0 Å². The van der Waals surface area contributed by atoms with Crippen molar-refractivity contribution in [2.24, 2.45) is 46.3 Å². The SMILES string of the molecule is CC[C@H]1OC(=O)[C@H](C)[C@@H](OC2C[C@@](C)(OC)[C@@H](O)[C@H](C)O2)[C@H](C)[C@@H](OC2O[C@H](C)C[C@H](NC)[C@H]2O)[C@](C)(O)C[C@@H](C)CN(CCCNC(=O)[C@@]2(O)[C@H](C)CC3C4C[C@H](F)C5=CC(=O)C=C[C@]5(C)[C@@]4(F)[C@@H](O)C[C@@]32C)[C@H](C)[C@@H](O)[C@]1(C)O. The molecule has 464 valence electrons. The van der Waals surface area contributed by atoms with Crippen molar-refractivity contribution in [3.8, 4) is 0 Å². The zero-order chi connectivity index (χ0) is 60.5. The van der Waals surface area contributed by atoms with E-state index in [0.29, 0.717) is 6.42 Å². The fraction of sp³-hybridized carbons (Fsp3) is 0.883. The predicted molar refractivity (Wildman–Crippen MR) is 294 cm³/mol. The van der Waals surface area contributed by atoms with E-state index in [9.17, 15) is 50.1 Å². The number of hydrogen-bond acceptors (Lipinski definition) is 18. The van der Waals surface area contributed by atoms with Gasteiger partial charge in [-0.25, -0.2) is 8.78 Å². The van der Waals surface area contributed by atoms with Gasteiger partial charge in [-0.15, -0.1) is 0 Å². The van der Waals surface area contributed by atoms with E-state index in [0.717, 1.165) is 6.08 Å². The number of ketones is 1. The van der Waals surface area contributed by atoms with Gasteiger partial charge in [0.25, 0.3) is 5.91 Å². The van der Waals surface area contributed by atoms with Crippen LogP contribution in [0.2, 0.25) is 0 Å². The third-order valence-corrected chi connectivity index (χ3v) is 21.2. The van der Waals surface area contributed by atoms with Crippen molar-refractivity contribution in [2.75, 3.05) is 33.8 Å². The largest absolute Gasteiger partial charge is 0.459 e. The Morgan fingerprint density at radius 2 is 1.56 bits per heavy atom. The smallest absolute Gasteiger partial charge is 0.311 e. The molecule has 9 N–H and O–H groups in total. The number of rotatable bonds is 12. The van der Waals surface area contributed by atoms with E-state index in [1.165, 1.54) is 33.1 Å². The number of likely N-dealkylation sites (N-methyl/N-ethyl adjacent to an activating group) is 1. The molecule has 0 bridgehead atoms. The van der Waals surface area contributed by atoms with Crippen LogP contribution in [0.15, 0.2) is 23.8 Å². The van der Waals surface area contributed by atoms with E-state index in [2.05, 4.69) is 10.6 Å². The Morgan fingerprint density at radius 1 is 0.889 bits per heavy atom. The number of aliphatic hydroxyl groups is 7. The van der Waals surface area contributed by atoms with Crippen LogP contribution < -0.4 is 10.6 Å². The van der Waals surface area contributed by atoms with Gasteiger partial charge in [-0.2, -0.15) is 0 Å². The lowest BCUT2D eigenvalue weighted by molar-refractivity contribution is -0.316. The molecule has 1 amide bonds. The molecule has 27 atom stereocenters. The number of halogens is 2. The van der Waals surface area contributed by atoms with Crippen LogP contribution in [-0.2, 0) is 42.8 Å². The summed E-state index contributed by atoms with van der Waals surface area (Å²) >= 11 is 0. The normalized spacial score (nSPS) is 51.2. The molecule has 0 aromatic heterocycles. The summed E-state index contributed by atoms with van der Waals surface area (Å²) in [7, 11) is 3.20. The second-order valence-electron chi connectivity index (χ2n) is 27.0. The molecule has 6 fully saturated rings. The van der Waals surface area contributed by atoms with Crippen molar-refractivity contribution >= 4 is 17.7 Å². The maximum atomic E-state index is 17.9. The molecule has 7 aliphatic rings. The van der Waals surface area contributed by atoms with Gasteiger partial charge >= 0.3 is 5.97 Å². The summed E-state index contributed by atoms with van der Waals surface area (Å²) in [6.45, 7) is 22.3. The Bertz CT molecular complexity index is 2310. The van der Waals surface area contributed by atoms with Crippen LogP contribution in [0.25, 0.3) is 0 Å². The van der Waals surface area contributed by atoms with E-state index in [1.54, 1.807) is 69.4 Å². The van der Waals surface area contributed by atoms with Crippen LogP contribution in [0.3, 0.4) is 0 Å². The van der Waals surface area contributed by atoms with Crippen LogP contribution in [0.4, 0.5) is 8.78 Å². The number of nitrogens with zero attached hydrogens (tertiary/aromatic N) is 1. The molecule has 0 spiro atoms. The van der Waals surface area contributed by atoms with Gasteiger partial charge < -0.3 is 74.8 Å². The molecule has 3 heterocycles. The molecule has 0 radical (unpaired) electrons. The predicted octanol–water partition coefficient (Wildman–Crippen LogP) is 3.73. The zero-order valence-electron chi connectivity index (χ0n) is 50.6. The maximum absolute atomic E-state index is 17.9. The maximum Gasteiger partial charge on any atom is 0.311 e. The van der Waals surface area contributed by atoms with Gasteiger partial charge in [0.05, 0.1) is 47.6 Å². The highest BCUT2D eigenvalue weighted by atomic mass is 19.1. The number of fused-ring (bicyclic) bond motifs is 5. The Kier molecular flexibility index (Phi) is 19.8. The molecule has 0 aromatic rings. The topological polar surface area (TPSA) is 276 Å². The second kappa shape index (κ2) is 24.3. The van der Waals surface area contributed by atoms with Crippen LogP contribution in [-0.4, -0.2) is 206 Å². The quantitative estimate of drug-likeness (QED) is 0.0995. The molecule has 81 heavy (non-hydrogen) atoms. The molecule has 21 heteroatoms. The zero-order valence-corrected chi connectivity index (χ0v) is 50.6. The minimum Gasteiger partial charge on any atom is -0.459 e. The number of nitrogens with one attached hydrogen (secondary N) is 2. The van der Waals surface area contributed by atoms with Gasteiger partial charge in [-0.05, 0) is 143 Å². The number of alkyl halides is 2. The lowest BCUT2D eigenvalue weighted by Gasteiger charge is -2.63. The van der Waals surface area contributed by atoms with Crippen molar-refractivity contribution < 1.29 is 87.3 Å². The van der Waals surface area contributed by atoms with Crippen molar-refractivity contribution in [3.05, 3.63) is 23.8 Å². The molecule has 3 saturated carbocycles. The lowest BCUT2D eigenvalue weighted by Crippen LogP contribution is -2.71. The molecule has 3 saturated heterocycles. The summed E-state index contributed by atoms with van der Waals surface area (Å²) in [6, 6.07) is -1.27. The van der Waals surface area contributed by atoms with E-state index < -0.39 is 172 Å². The van der Waals surface area contributed by atoms with Crippen molar-refractivity contribution in [3.63, 3.8) is 0 Å². The van der Waals surface area contributed by atoms with Crippen molar-refractivity contribution in [1.29, 1.82) is 0 Å². The first-order valence-electron chi connectivity index (χ1n) is 29.8. The lowest BCUT2D eigenvalue weighted by atomic mass is 9.44. The monoisotopic (exact) mass is 1160 g/mol. The first-order valence-corrected chi connectivity index (χ1v) is 29.8. The summed E-state index contributed by atoms with van der Waals surface area (Å²) < 4.78 is 72.1. The number of carbonyl (C=O) groups is 3. The highest BCUT2D eigenvalue weighted by Gasteiger charge is 2.77. The Labute approximate surface area is 478 Å².